The Kier molecular flexibility index (Phi) is 4.29. The fourth-order valence-electron chi connectivity index (χ4n) is 4.22. The number of hydrogen-bond donors (Lipinski definition) is 0. The second-order valence-corrected chi connectivity index (χ2v) is 7.10. The SMILES string of the molecule is O=C(CN1C(=O)c2ccccc2C1=O)N1CCN(C2CCCC2)CC1. The molecule has 2 heterocycles. The van der Waals surface area contributed by atoms with Crippen molar-refractivity contribution in [3.63, 3.8) is 0 Å². The summed E-state index contributed by atoms with van der Waals surface area (Å²) >= 11 is 0. The number of piperazine rings is 1. The van der Waals surface area contributed by atoms with Gasteiger partial charge in [0.15, 0.2) is 0 Å². The zero-order valence-electron chi connectivity index (χ0n) is 14.3. The number of imide groups is 1. The highest BCUT2D eigenvalue weighted by Crippen LogP contribution is 2.25. The molecule has 0 N–H and O–H groups in total. The van der Waals surface area contributed by atoms with E-state index in [1.807, 2.05) is 0 Å². The Morgan fingerprint density at radius 2 is 1.48 bits per heavy atom. The highest BCUT2D eigenvalue weighted by Gasteiger charge is 2.37. The van der Waals surface area contributed by atoms with Crippen molar-refractivity contribution < 1.29 is 14.4 Å². The molecule has 0 unspecified atom stereocenters. The zero-order valence-corrected chi connectivity index (χ0v) is 14.3. The molecular weight excluding hydrogens is 318 g/mol. The normalized spacial score (nSPS) is 21.9. The molecule has 1 saturated carbocycles. The summed E-state index contributed by atoms with van der Waals surface area (Å²) in [5, 5.41) is 0. The van der Waals surface area contributed by atoms with E-state index in [0.717, 1.165) is 18.0 Å². The van der Waals surface area contributed by atoms with Gasteiger partial charge in [0, 0.05) is 32.2 Å². The molecule has 1 saturated heterocycles. The molecule has 3 amide bonds. The first-order chi connectivity index (χ1) is 12.1. The van der Waals surface area contributed by atoms with Crippen molar-refractivity contribution in [2.75, 3.05) is 32.7 Å². The van der Waals surface area contributed by atoms with E-state index in [2.05, 4.69) is 4.90 Å². The monoisotopic (exact) mass is 341 g/mol. The standard InChI is InChI=1S/C19H23N3O3/c23-17(21-11-9-20(10-12-21)14-5-1-2-6-14)13-22-18(24)15-7-3-4-8-16(15)19(22)25/h3-4,7-8,14H,1-2,5-6,9-13H2. The van der Waals surface area contributed by atoms with Crippen LogP contribution < -0.4 is 0 Å². The molecule has 3 aliphatic rings. The maximum absolute atomic E-state index is 12.6. The summed E-state index contributed by atoms with van der Waals surface area (Å²) in [4.78, 5) is 42.7. The van der Waals surface area contributed by atoms with Crippen LogP contribution in [0.25, 0.3) is 0 Å². The molecular formula is C19H23N3O3. The van der Waals surface area contributed by atoms with E-state index < -0.39 is 0 Å². The smallest absolute Gasteiger partial charge is 0.262 e. The summed E-state index contributed by atoms with van der Waals surface area (Å²) in [6.07, 6.45) is 5.15. The summed E-state index contributed by atoms with van der Waals surface area (Å²) in [5.74, 6) is -0.863. The number of nitrogens with zero attached hydrogens (tertiary/aromatic N) is 3. The van der Waals surface area contributed by atoms with Crippen LogP contribution in [0, 0.1) is 0 Å². The minimum Gasteiger partial charge on any atom is -0.339 e. The van der Waals surface area contributed by atoms with Crippen LogP contribution in [0.5, 0.6) is 0 Å². The highest BCUT2D eigenvalue weighted by molar-refractivity contribution is 6.22. The maximum atomic E-state index is 12.6. The topological polar surface area (TPSA) is 60.9 Å². The largest absolute Gasteiger partial charge is 0.339 e. The predicted molar refractivity (Wildman–Crippen MR) is 92.2 cm³/mol. The lowest BCUT2D eigenvalue weighted by Gasteiger charge is -2.38. The van der Waals surface area contributed by atoms with Gasteiger partial charge >= 0.3 is 0 Å². The van der Waals surface area contributed by atoms with Crippen LogP contribution >= 0.6 is 0 Å². The van der Waals surface area contributed by atoms with Crippen LogP contribution in [0.2, 0.25) is 0 Å². The van der Waals surface area contributed by atoms with Gasteiger partial charge in [-0.25, -0.2) is 0 Å². The van der Waals surface area contributed by atoms with Crippen LogP contribution in [-0.2, 0) is 4.79 Å². The zero-order chi connectivity index (χ0) is 17.4. The summed E-state index contributed by atoms with van der Waals surface area (Å²) in [6, 6.07) is 7.42. The Labute approximate surface area is 147 Å². The van der Waals surface area contributed by atoms with Gasteiger partial charge in [-0.3, -0.25) is 24.2 Å². The van der Waals surface area contributed by atoms with E-state index in [4.69, 9.17) is 0 Å². The van der Waals surface area contributed by atoms with Crippen molar-refractivity contribution in [1.29, 1.82) is 0 Å². The van der Waals surface area contributed by atoms with Crippen molar-refractivity contribution in [3.8, 4) is 0 Å². The Morgan fingerprint density at radius 1 is 0.920 bits per heavy atom. The fraction of sp³-hybridized carbons (Fsp3) is 0.526. The van der Waals surface area contributed by atoms with Gasteiger partial charge < -0.3 is 4.90 Å². The average Bonchev–Trinajstić information content (AvgIpc) is 3.26. The Bertz CT molecular complexity index is 669. The van der Waals surface area contributed by atoms with Gasteiger partial charge in [-0.1, -0.05) is 25.0 Å². The van der Waals surface area contributed by atoms with Gasteiger partial charge in [0.25, 0.3) is 11.8 Å². The van der Waals surface area contributed by atoms with Crippen molar-refractivity contribution in [1.82, 2.24) is 14.7 Å². The summed E-state index contributed by atoms with van der Waals surface area (Å²) in [5.41, 5.74) is 0.790. The lowest BCUT2D eigenvalue weighted by atomic mass is 10.1. The van der Waals surface area contributed by atoms with Gasteiger partial charge in [-0.05, 0) is 25.0 Å². The summed E-state index contributed by atoms with van der Waals surface area (Å²) in [7, 11) is 0. The molecule has 0 spiro atoms. The molecule has 132 valence electrons. The van der Waals surface area contributed by atoms with Crippen molar-refractivity contribution in [3.05, 3.63) is 35.4 Å². The molecule has 25 heavy (non-hydrogen) atoms. The van der Waals surface area contributed by atoms with Gasteiger partial charge in [0.2, 0.25) is 5.91 Å². The van der Waals surface area contributed by atoms with Crippen LogP contribution in [0.3, 0.4) is 0 Å². The van der Waals surface area contributed by atoms with Gasteiger partial charge in [0.05, 0.1) is 11.1 Å². The second-order valence-electron chi connectivity index (χ2n) is 7.10. The first-order valence-electron chi connectivity index (χ1n) is 9.12. The molecule has 1 aromatic carbocycles. The van der Waals surface area contributed by atoms with E-state index in [0.29, 0.717) is 30.3 Å². The fourth-order valence-corrected chi connectivity index (χ4v) is 4.22. The van der Waals surface area contributed by atoms with Crippen LogP contribution in [-0.4, -0.2) is 71.2 Å². The van der Waals surface area contributed by atoms with Gasteiger partial charge in [0.1, 0.15) is 6.54 Å². The molecule has 0 radical (unpaired) electrons. The highest BCUT2D eigenvalue weighted by atomic mass is 16.2. The molecule has 0 bridgehead atoms. The molecule has 1 aliphatic carbocycles. The van der Waals surface area contributed by atoms with E-state index in [1.165, 1.54) is 25.7 Å². The van der Waals surface area contributed by atoms with Crippen LogP contribution in [0.15, 0.2) is 24.3 Å². The third-order valence-corrected chi connectivity index (χ3v) is 5.68. The maximum Gasteiger partial charge on any atom is 0.262 e. The van der Waals surface area contributed by atoms with Gasteiger partial charge in [-0.2, -0.15) is 0 Å². The predicted octanol–water partition coefficient (Wildman–Crippen LogP) is 1.37. The Hall–Kier alpha value is -2.21. The van der Waals surface area contributed by atoms with Crippen LogP contribution in [0.4, 0.5) is 0 Å². The number of carbonyl (C=O) groups excluding carboxylic acids is 3. The number of fused-ring (bicyclic) bond motifs is 1. The van der Waals surface area contributed by atoms with E-state index in [-0.39, 0.29) is 24.3 Å². The Morgan fingerprint density at radius 3 is 2.04 bits per heavy atom. The number of rotatable bonds is 3. The summed E-state index contributed by atoms with van der Waals surface area (Å²) in [6.45, 7) is 2.98. The molecule has 4 rings (SSSR count). The van der Waals surface area contributed by atoms with Crippen molar-refractivity contribution in [2.45, 2.75) is 31.7 Å². The molecule has 1 aromatic rings. The van der Waals surface area contributed by atoms with Crippen LogP contribution in [0.1, 0.15) is 46.4 Å². The lowest BCUT2D eigenvalue weighted by Crippen LogP contribution is -2.53. The number of benzene rings is 1. The van der Waals surface area contributed by atoms with E-state index in [1.54, 1.807) is 29.2 Å². The average molecular weight is 341 g/mol. The van der Waals surface area contributed by atoms with Gasteiger partial charge in [-0.15, -0.1) is 0 Å². The minimum atomic E-state index is -0.362. The van der Waals surface area contributed by atoms with E-state index in [9.17, 15) is 14.4 Å². The number of carbonyl (C=O) groups is 3. The lowest BCUT2D eigenvalue weighted by molar-refractivity contribution is -0.133. The first kappa shape index (κ1) is 16.3. The molecule has 0 atom stereocenters. The minimum absolute atomic E-state index is 0.138. The molecule has 2 aliphatic heterocycles. The second kappa shape index (κ2) is 6.59. The Balaban J connectivity index is 1.35. The third kappa shape index (κ3) is 2.95. The van der Waals surface area contributed by atoms with Crippen molar-refractivity contribution in [2.24, 2.45) is 0 Å². The summed E-state index contributed by atoms with van der Waals surface area (Å²) < 4.78 is 0. The molecule has 2 fully saturated rings. The molecule has 6 nitrogen and oxygen atoms in total. The third-order valence-electron chi connectivity index (χ3n) is 5.68. The number of hydrogen-bond acceptors (Lipinski definition) is 4. The van der Waals surface area contributed by atoms with Crippen molar-refractivity contribution >= 4 is 17.7 Å². The number of amides is 3. The molecule has 0 aromatic heterocycles. The first-order valence-corrected chi connectivity index (χ1v) is 9.12. The quantitative estimate of drug-likeness (QED) is 0.779. The van der Waals surface area contributed by atoms with E-state index >= 15 is 0 Å². The molecule has 6 heteroatoms.